The molecule has 0 aliphatic heterocycles. The number of carbonyl (C=O) groups excluding carboxylic acids is 2. The number of halogens is 1. The zero-order chi connectivity index (χ0) is 13.7. The van der Waals surface area contributed by atoms with Gasteiger partial charge in [0.25, 0.3) is 5.91 Å². The van der Waals surface area contributed by atoms with Gasteiger partial charge in [-0.05, 0) is 36.6 Å². The zero-order valence-corrected chi connectivity index (χ0v) is 11.9. The van der Waals surface area contributed by atoms with Crippen molar-refractivity contribution in [2.45, 2.75) is 26.3 Å². The van der Waals surface area contributed by atoms with Crippen molar-refractivity contribution >= 4 is 27.8 Å². The summed E-state index contributed by atoms with van der Waals surface area (Å²) in [5.74, 6) is -1.50. The molecule has 0 aliphatic carbocycles. The summed E-state index contributed by atoms with van der Waals surface area (Å²) < 4.78 is 0.859. The van der Waals surface area contributed by atoms with Gasteiger partial charge >= 0.3 is 0 Å². The van der Waals surface area contributed by atoms with Crippen molar-refractivity contribution < 1.29 is 14.7 Å². The Kier molecular flexibility index (Phi) is 5.34. The first kappa shape index (κ1) is 14.7. The molecule has 0 saturated carbocycles. The summed E-state index contributed by atoms with van der Waals surface area (Å²) in [6.45, 7) is 3.78. The maximum absolute atomic E-state index is 11.8. The SMILES string of the molecule is CC(C)C[C@H](NC(=O)c1ccc(Br)cc1)C(=O)[O-]. The predicted molar refractivity (Wildman–Crippen MR) is 69.9 cm³/mol. The highest BCUT2D eigenvalue weighted by Crippen LogP contribution is 2.11. The van der Waals surface area contributed by atoms with Crippen LogP contribution in [0.15, 0.2) is 28.7 Å². The van der Waals surface area contributed by atoms with Crippen LogP contribution < -0.4 is 10.4 Å². The fourth-order valence-electron chi connectivity index (χ4n) is 1.53. The van der Waals surface area contributed by atoms with E-state index < -0.39 is 17.9 Å². The van der Waals surface area contributed by atoms with Crippen LogP contribution in [0.2, 0.25) is 0 Å². The molecule has 1 amide bonds. The number of benzene rings is 1. The number of carbonyl (C=O) groups is 2. The highest BCUT2D eigenvalue weighted by Gasteiger charge is 2.16. The molecular weight excluding hydrogens is 298 g/mol. The van der Waals surface area contributed by atoms with Gasteiger partial charge in [0.15, 0.2) is 0 Å². The van der Waals surface area contributed by atoms with Crippen LogP contribution >= 0.6 is 15.9 Å². The third-order valence-electron chi connectivity index (χ3n) is 2.40. The normalized spacial score (nSPS) is 12.2. The summed E-state index contributed by atoms with van der Waals surface area (Å²) in [4.78, 5) is 22.8. The average molecular weight is 313 g/mol. The van der Waals surface area contributed by atoms with Gasteiger partial charge in [0.1, 0.15) is 0 Å². The molecule has 1 aromatic rings. The van der Waals surface area contributed by atoms with Gasteiger partial charge in [-0.15, -0.1) is 0 Å². The Morgan fingerprint density at radius 2 is 1.83 bits per heavy atom. The first-order valence-electron chi connectivity index (χ1n) is 5.67. The predicted octanol–water partition coefficient (Wildman–Crippen LogP) is 1.34. The van der Waals surface area contributed by atoms with Gasteiger partial charge in [-0.2, -0.15) is 0 Å². The van der Waals surface area contributed by atoms with E-state index >= 15 is 0 Å². The van der Waals surface area contributed by atoms with Gasteiger partial charge in [-0.25, -0.2) is 0 Å². The molecule has 1 rings (SSSR count). The van der Waals surface area contributed by atoms with Crippen molar-refractivity contribution in [3.05, 3.63) is 34.3 Å². The third-order valence-corrected chi connectivity index (χ3v) is 2.93. The molecule has 0 aliphatic rings. The largest absolute Gasteiger partial charge is 0.548 e. The van der Waals surface area contributed by atoms with Crippen LogP contribution in [0.1, 0.15) is 30.6 Å². The van der Waals surface area contributed by atoms with Crippen molar-refractivity contribution in [1.29, 1.82) is 0 Å². The van der Waals surface area contributed by atoms with Gasteiger partial charge < -0.3 is 15.2 Å². The number of aliphatic carboxylic acids is 1. The minimum absolute atomic E-state index is 0.165. The summed E-state index contributed by atoms with van der Waals surface area (Å²) in [5.41, 5.74) is 0.424. The number of amides is 1. The summed E-state index contributed by atoms with van der Waals surface area (Å²) in [6, 6.07) is 5.75. The fourth-order valence-corrected chi connectivity index (χ4v) is 1.79. The molecule has 0 heterocycles. The second kappa shape index (κ2) is 6.54. The van der Waals surface area contributed by atoms with E-state index in [0.29, 0.717) is 12.0 Å². The number of carboxylic acid groups (broad SMARTS) is 1. The number of hydrogen-bond donors (Lipinski definition) is 1. The molecule has 0 aromatic heterocycles. The molecule has 18 heavy (non-hydrogen) atoms. The third kappa shape index (κ3) is 4.49. The van der Waals surface area contributed by atoms with Crippen LogP contribution in [0, 0.1) is 5.92 Å². The zero-order valence-electron chi connectivity index (χ0n) is 10.3. The van der Waals surface area contributed by atoms with E-state index in [9.17, 15) is 14.7 Å². The Hall–Kier alpha value is -1.36. The Morgan fingerprint density at radius 3 is 2.28 bits per heavy atom. The topological polar surface area (TPSA) is 69.2 Å². The molecule has 0 fully saturated rings. The van der Waals surface area contributed by atoms with Crippen molar-refractivity contribution in [1.82, 2.24) is 5.32 Å². The van der Waals surface area contributed by atoms with Crippen LogP contribution in [-0.4, -0.2) is 17.9 Å². The second-order valence-corrected chi connectivity index (χ2v) is 5.40. The first-order valence-corrected chi connectivity index (χ1v) is 6.46. The monoisotopic (exact) mass is 312 g/mol. The molecule has 1 atom stereocenters. The van der Waals surface area contributed by atoms with E-state index in [0.717, 1.165) is 4.47 Å². The van der Waals surface area contributed by atoms with Crippen molar-refractivity contribution in [2.24, 2.45) is 5.92 Å². The van der Waals surface area contributed by atoms with E-state index in [1.54, 1.807) is 24.3 Å². The lowest BCUT2D eigenvalue weighted by atomic mass is 10.0. The van der Waals surface area contributed by atoms with Crippen LogP contribution in [0.4, 0.5) is 0 Å². The molecule has 1 N–H and O–H groups in total. The van der Waals surface area contributed by atoms with Gasteiger partial charge in [0.2, 0.25) is 0 Å². The smallest absolute Gasteiger partial charge is 0.251 e. The molecule has 1 aromatic carbocycles. The first-order chi connectivity index (χ1) is 8.40. The average Bonchev–Trinajstić information content (AvgIpc) is 2.28. The molecule has 0 saturated heterocycles. The standard InChI is InChI=1S/C13H16BrNO3/c1-8(2)7-11(13(17)18)15-12(16)9-3-5-10(14)6-4-9/h3-6,8,11H,7H2,1-2H3,(H,15,16)(H,17,18)/p-1/t11-/m0/s1. The van der Waals surface area contributed by atoms with Crippen molar-refractivity contribution in [3.8, 4) is 0 Å². The van der Waals surface area contributed by atoms with Gasteiger partial charge in [0, 0.05) is 10.0 Å². The van der Waals surface area contributed by atoms with E-state index in [4.69, 9.17) is 0 Å². The van der Waals surface area contributed by atoms with Crippen LogP contribution in [0.5, 0.6) is 0 Å². The summed E-state index contributed by atoms with van der Waals surface area (Å²) in [6.07, 6.45) is 0.352. The van der Waals surface area contributed by atoms with E-state index in [1.807, 2.05) is 13.8 Å². The maximum atomic E-state index is 11.8. The summed E-state index contributed by atoms with van der Waals surface area (Å²) in [5, 5.41) is 13.4. The van der Waals surface area contributed by atoms with E-state index in [-0.39, 0.29) is 5.92 Å². The molecule has 5 heteroatoms. The summed E-state index contributed by atoms with van der Waals surface area (Å²) >= 11 is 3.27. The highest BCUT2D eigenvalue weighted by atomic mass is 79.9. The molecule has 4 nitrogen and oxygen atoms in total. The Morgan fingerprint density at radius 1 is 1.28 bits per heavy atom. The van der Waals surface area contributed by atoms with E-state index in [1.165, 1.54) is 0 Å². The number of nitrogens with one attached hydrogen (secondary N) is 1. The highest BCUT2D eigenvalue weighted by molar-refractivity contribution is 9.10. The van der Waals surface area contributed by atoms with Crippen LogP contribution in [0.25, 0.3) is 0 Å². The Balaban J connectivity index is 2.72. The minimum Gasteiger partial charge on any atom is -0.548 e. The van der Waals surface area contributed by atoms with Crippen molar-refractivity contribution in [3.63, 3.8) is 0 Å². The Labute approximate surface area is 115 Å². The number of hydrogen-bond acceptors (Lipinski definition) is 3. The Bertz CT molecular complexity index is 428. The van der Waals surface area contributed by atoms with Gasteiger partial charge in [-0.3, -0.25) is 4.79 Å². The molecule has 0 radical (unpaired) electrons. The molecule has 0 unspecified atom stereocenters. The van der Waals surface area contributed by atoms with Crippen molar-refractivity contribution in [2.75, 3.05) is 0 Å². The van der Waals surface area contributed by atoms with E-state index in [2.05, 4.69) is 21.2 Å². The fraction of sp³-hybridized carbons (Fsp3) is 0.385. The van der Waals surface area contributed by atoms with Gasteiger partial charge in [-0.1, -0.05) is 29.8 Å². The maximum Gasteiger partial charge on any atom is 0.251 e. The van der Waals surface area contributed by atoms with Gasteiger partial charge in [0.05, 0.1) is 12.0 Å². The second-order valence-electron chi connectivity index (χ2n) is 4.48. The molecule has 0 spiro atoms. The number of rotatable bonds is 5. The lowest BCUT2D eigenvalue weighted by Crippen LogP contribution is -2.48. The molecule has 0 bridgehead atoms. The minimum atomic E-state index is -1.26. The van der Waals surface area contributed by atoms with Crippen LogP contribution in [0.3, 0.4) is 0 Å². The lowest BCUT2D eigenvalue weighted by Gasteiger charge is -2.21. The quantitative estimate of drug-likeness (QED) is 0.892. The number of carboxylic acids is 1. The lowest BCUT2D eigenvalue weighted by molar-refractivity contribution is -0.308. The molecular formula is C13H15BrNO3-. The van der Waals surface area contributed by atoms with Crippen LogP contribution in [-0.2, 0) is 4.79 Å². The summed E-state index contributed by atoms with van der Waals surface area (Å²) in [7, 11) is 0. The molecule has 98 valence electrons.